The number of nitro groups is 2. The Morgan fingerprint density at radius 3 is 2.24 bits per heavy atom. The normalized spacial score (nSPS) is 11.3. The Morgan fingerprint density at radius 1 is 1.00 bits per heavy atom. The van der Waals surface area contributed by atoms with Crippen molar-refractivity contribution in [3.8, 4) is 5.75 Å². The summed E-state index contributed by atoms with van der Waals surface area (Å²) in [4.78, 5) is 37.1. The van der Waals surface area contributed by atoms with Crippen LogP contribution in [0.3, 0.4) is 0 Å². The van der Waals surface area contributed by atoms with Crippen LogP contribution < -0.4 is 0 Å². The smallest absolute Gasteiger partial charge is 0.366 e. The molecule has 0 aliphatic carbocycles. The van der Waals surface area contributed by atoms with Gasteiger partial charge in [0.2, 0.25) is 0 Å². The Balaban J connectivity index is 1.90. The largest absolute Gasteiger partial charge is 0.507 e. The van der Waals surface area contributed by atoms with Gasteiger partial charge in [-0.2, -0.15) is 0 Å². The fourth-order valence-corrected chi connectivity index (χ4v) is 2.68. The standard InChI is InChI=1S/C19H13N3O7/c1-11(16-7-6-12-4-2-3-5-17(12)18(16)23)20-29-19(24)13-8-14(21(25)26)10-15(9-13)22(27)28/h2-10,23H,1H3/b20-11-. The van der Waals surface area contributed by atoms with Gasteiger partial charge in [-0.25, -0.2) is 4.79 Å². The number of hydrogen-bond acceptors (Lipinski definition) is 8. The first-order valence-electron chi connectivity index (χ1n) is 8.19. The Morgan fingerprint density at radius 2 is 1.62 bits per heavy atom. The van der Waals surface area contributed by atoms with Crippen molar-refractivity contribution in [3.05, 3.63) is 86.0 Å². The van der Waals surface area contributed by atoms with Gasteiger partial charge in [-0.05, 0) is 18.4 Å². The van der Waals surface area contributed by atoms with Gasteiger partial charge in [0.15, 0.2) is 0 Å². The first kappa shape index (κ1) is 19.4. The summed E-state index contributed by atoms with van der Waals surface area (Å²) in [6.45, 7) is 1.49. The highest BCUT2D eigenvalue weighted by Gasteiger charge is 2.21. The molecule has 0 aromatic heterocycles. The van der Waals surface area contributed by atoms with E-state index in [4.69, 9.17) is 4.84 Å². The van der Waals surface area contributed by atoms with Crippen molar-refractivity contribution in [2.75, 3.05) is 0 Å². The highest BCUT2D eigenvalue weighted by Crippen LogP contribution is 2.29. The van der Waals surface area contributed by atoms with E-state index in [2.05, 4.69) is 5.16 Å². The van der Waals surface area contributed by atoms with Crippen molar-refractivity contribution >= 4 is 33.8 Å². The van der Waals surface area contributed by atoms with E-state index in [9.17, 15) is 30.1 Å². The van der Waals surface area contributed by atoms with E-state index in [0.29, 0.717) is 10.9 Å². The van der Waals surface area contributed by atoms with Crippen molar-refractivity contribution in [3.63, 3.8) is 0 Å². The number of non-ortho nitro benzene ring substituents is 2. The van der Waals surface area contributed by atoms with E-state index in [0.717, 1.165) is 23.6 Å². The van der Waals surface area contributed by atoms with Crippen molar-refractivity contribution < 1.29 is 24.6 Å². The Labute approximate surface area is 162 Å². The Bertz CT molecular complexity index is 1160. The second-order valence-corrected chi connectivity index (χ2v) is 5.99. The van der Waals surface area contributed by atoms with E-state index in [1.54, 1.807) is 24.3 Å². The summed E-state index contributed by atoms with van der Waals surface area (Å²) in [7, 11) is 0. The fraction of sp³-hybridized carbons (Fsp3) is 0.0526. The third-order valence-corrected chi connectivity index (χ3v) is 4.12. The first-order valence-corrected chi connectivity index (χ1v) is 8.19. The van der Waals surface area contributed by atoms with Crippen LogP contribution in [0.2, 0.25) is 0 Å². The lowest BCUT2D eigenvalue weighted by Gasteiger charge is -2.07. The summed E-state index contributed by atoms with van der Waals surface area (Å²) in [5.74, 6) is -1.16. The molecule has 29 heavy (non-hydrogen) atoms. The van der Waals surface area contributed by atoms with Gasteiger partial charge >= 0.3 is 5.97 Å². The number of benzene rings is 3. The molecule has 0 heterocycles. The molecule has 0 bridgehead atoms. The van der Waals surface area contributed by atoms with Crippen LogP contribution in [0.1, 0.15) is 22.8 Å². The van der Waals surface area contributed by atoms with Gasteiger partial charge < -0.3 is 9.94 Å². The lowest BCUT2D eigenvalue weighted by atomic mass is 10.0. The lowest BCUT2D eigenvalue weighted by molar-refractivity contribution is -0.394. The summed E-state index contributed by atoms with van der Waals surface area (Å²) in [6, 6.07) is 12.9. The predicted octanol–water partition coefficient (Wildman–Crippen LogP) is 3.94. The number of nitro benzene ring substituents is 2. The average molecular weight is 395 g/mol. The average Bonchev–Trinajstić information content (AvgIpc) is 2.71. The van der Waals surface area contributed by atoms with Gasteiger partial charge in [0, 0.05) is 23.1 Å². The molecule has 3 aromatic carbocycles. The number of hydrogen-bond donors (Lipinski definition) is 1. The van der Waals surface area contributed by atoms with Crippen LogP contribution in [-0.4, -0.2) is 26.6 Å². The minimum absolute atomic E-state index is 0.0496. The molecule has 0 aliphatic rings. The molecule has 0 fully saturated rings. The number of rotatable bonds is 5. The molecule has 1 N–H and O–H groups in total. The van der Waals surface area contributed by atoms with E-state index >= 15 is 0 Å². The molecule has 3 rings (SSSR count). The quantitative estimate of drug-likeness (QED) is 0.298. The number of phenols is 1. The molecular formula is C19H13N3O7. The van der Waals surface area contributed by atoms with Gasteiger partial charge in [0.25, 0.3) is 11.4 Å². The summed E-state index contributed by atoms with van der Waals surface area (Å²) >= 11 is 0. The van der Waals surface area contributed by atoms with Crippen molar-refractivity contribution in [1.29, 1.82) is 0 Å². The zero-order chi connectivity index (χ0) is 21.1. The van der Waals surface area contributed by atoms with Crippen LogP contribution in [0.25, 0.3) is 10.8 Å². The van der Waals surface area contributed by atoms with Crippen molar-refractivity contribution in [1.82, 2.24) is 0 Å². The van der Waals surface area contributed by atoms with Crippen LogP contribution in [0.5, 0.6) is 5.75 Å². The molecule has 0 amide bonds. The van der Waals surface area contributed by atoms with Crippen LogP contribution in [-0.2, 0) is 4.84 Å². The molecule has 146 valence electrons. The predicted molar refractivity (Wildman–Crippen MR) is 103 cm³/mol. The fourth-order valence-electron chi connectivity index (χ4n) is 2.68. The van der Waals surface area contributed by atoms with E-state index in [1.807, 2.05) is 12.1 Å². The highest BCUT2D eigenvalue weighted by atomic mass is 16.7. The molecule has 0 radical (unpaired) electrons. The number of nitrogens with zero attached hydrogens (tertiary/aromatic N) is 3. The number of phenolic OH excluding ortho intramolecular Hbond substituents is 1. The molecule has 0 saturated carbocycles. The third kappa shape index (κ3) is 4.00. The zero-order valence-electron chi connectivity index (χ0n) is 14.9. The SMILES string of the molecule is C/C(=N/OC(=O)c1cc([N+](=O)[O-])cc([N+](=O)[O-])c1)c1ccc2ccccc2c1O. The van der Waals surface area contributed by atoms with Crippen molar-refractivity contribution in [2.24, 2.45) is 5.16 Å². The number of carbonyl (C=O) groups excluding carboxylic acids is 1. The molecular weight excluding hydrogens is 382 g/mol. The second-order valence-electron chi connectivity index (χ2n) is 5.99. The van der Waals surface area contributed by atoms with E-state index in [-0.39, 0.29) is 11.5 Å². The van der Waals surface area contributed by atoms with Gasteiger partial charge in [-0.3, -0.25) is 20.2 Å². The Kier molecular flexibility index (Phi) is 5.17. The molecule has 0 atom stereocenters. The molecule has 0 saturated heterocycles. The molecule has 3 aromatic rings. The third-order valence-electron chi connectivity index (χ3n) is 4.12. The Hall–Kier alpha value is -4.34. The minimum atomic E-state index is -1.11. The summed E-state index contributed by atoms with van der Waals surface area (Å²) in [6.07, 6.45) is 0. The maximum Gasteiger partial charge on any atom is 0.366 e. The van der Waals surface area contributed by atoms with Gasteiger partial charge in [0.1, 0.15) is 5.75 Å². The first-order chi connectivity index (χ1) is 13.8. The maximum atomic E-state index is 12.2. The second kappa shape index (κ2) is 7.72. The number of aromatic hydroxyl groups is 1. The molecule has 0 spiro atoms. The molecule has 0 aliphatic heterocycles. The van der Waals surface area contributed by atoms with Crippen molar-refractivity contribution in [2.45, 2.75) is 6.92 Å². The van der Waals surface area contributed by atoms with E-state index in [1.165, 1.54) is 6.92 Å². The maximum absolute atomic E-state index is 12.2. The highest BCUT2D eigenvalue weighted by molar-refractivity contribution is 6.06. The zero-order valence-corrected chi connectivity index (χ0v) is 14.9. The summed E-state index contributed by atoms with van der Waals surface area (Å²) in [5.41, 5.74) is -1.16. The summed E-state index contributed by atoms with van der Waals surface area (Å²) < 4.78 is 0. The van der Waals surface area contributed by atoms with Crippen LogP contribution in [0.15, 0.2) is 59.8 Å². The van der Waals surface area contributed by atoms with Gasteiger partial charge in [0.05, 0.1) is 27.2 Å². The molecule has 10 heteroatoms. The monoisotopic (exact) mass is 395 g/mol. The van der Waals surface area contributed by atoms with Crippen LogP contribution in [0.4, 0.5) is 11.4 Å². The molecule has 0 unspecified atom stereocenters. The number of carbonyl (C=O) groups is 1. The van der Waals surface area contributed by atoms with Gasteiger partial charge in [-0.1, -0.05) is 35.5 Å². The van der Waals surface area contributed by atoms with Crippen LogP contribution >= 0.6 is 0 Å². The van der Waals surface area contributed by atoms with E-state index < -0.39 is 32.8 Å². The van der Waals surface area contributed by atoms with Crippen LogP contribution in [0, 0.1) is 20.2 Å². The lowest BCUT2D eigenvalue weighted by Crippen LogP contribution is -2.06. The van der Waals surface area contributed by atoms with Gasteiger partial charge in [-0.15, -0.1) is 0 Å². The minimum Gasteiger partial charge on any atom is -0.507 e. The molecule has 10 nitrogen and oxygen atoms in total. The number of oxime groups is 1. The number of fused-ring (bicyclic) bond motifs is 1. The summed E-state index contributed by atoms with van der Waals surface area (Å²) in [5, 5.41) is 37.3. The topological polar surface area (TPSA) is 145 Å².